The number of benzene rings is 2. The molecule has 3 saturated heterocycles. The highest BCUT2D eigenvalue weighted by atomic mass is 16.5. The minimum Gasteiger partial charge on any atom is -0.372 e. The number of piperidine rings is 1. The Labute approximate surface area is 365 Å². The minimum atomic E-state index is -0.383. The molecular formula is C47H52N12O4. The van der Waals surface area contributed by atoms with E-state index in [2.05, 4.69) is 88.8 Å². The topological polar surface area (TPSA) is 182 Å². The van der Waals surface area contributed by atoms with E-state index in [0.29, 0.717) is 24.7 Å². The van der Waals surface area contributed by atoms with E-state index in [0.717, 1.165) is 128 Å². The van der Waals surface area contributed by atoms with Crippen molar-refractivity contribution in [2.75, 3.05) is 67.1 Å². The van der Waals surface area contributed by atoms with Gasteiger partial charge in [0.25, 0.3) is 0 Å². The molecule has 16 heteroatoms. The van der Waals surface area contributed by atoms with Crippen molar-refractivity contribution in [3.05, 3.63) is 96.0 Å². The molecule has 0 bridgehead atoms. The normalized spacial score (nSPS) is 18.7. The van der Waals surface area contributed by atoms with Gasteiger partial charge in [0.05, 0.1) is 11.7 Å². The molecule has 324 valence electrons. The van der Waals surface area contributed by atoms with E-state index in [1.165, 1.54) is 5.69 Å². The molecule has 1 aliphatic carbocycles. The molecule has 1 unspecified atom stereocenters. The van der Waals surface area contributed by atoms with Gasteiger partial charge in [-0.1, -0.05) is 24.2 Å². The first kappa shape index (κ1) is 40.4. The third-order valence-electron chi connectivity index (χ3n) is 13.4. The fourth-order valence-electron chi connectivity index (χ4n) is 9.23. The highest BCUT2D eigenvalue weighted by Crippen LogP contribution is 2.46. The fourth-order valence-corrected chi connectivity index (χ4v) is 9.23. The number of fused-ring (bicyclic) bond motifs is 1. The van der Waals surface area contributed by atoms with Crippen molar-refractivity contribution in [2.45, 2.75) is 64.3 Å². The molecule has 3 aliphatic heterocycles. The van der Waals surface area contributed by atoms with E-state index in [4.69, 9.17) is 14.5 Å². The third kappa shape index (κ3) is 8.34. The van der Waals surface area contributed by atoms with Crippen molar-refractivity contribution in [1.29, 1.82) is 0 Å². The molecule has 0 radical (unpaired) electrons. The largest absolute Gasteiger partial charge is 0.372 e. The lowest BCUT2D eigenvalue weighted by molar-refractivity contribution is -0.120. The highest BCUT2D eigenvalue weighted by Gasteiger charge is 2.44. The molecule has 6 aromatic rings. The molecule has 16 nitrogen and oxygen atoms in total. The Hall–Kier alpha value is -6.68. The molecular weight excluding hydrogens is 797 g/mol. The summed E-state index contributed by atoms with van der Waals surface area (Å²) >= 11 is 0. The van der Waals surface area contributed by atoms with Crippen LogP contribution >= 0.6 is 0 Å². The van der Waals surface area contributed by atoms with Crippen LogP contribution in [0.3, 0.4) is 0 Å². The fraction of sp³-hybridized carbons (Fsp3) is 0.404. The Morgan fingerprint density at radius 2 is 1.65 bits per heavy atom. The van der Waals surface area contributed by atoms with Crippen LogP contribution in [-0.4, -0.2) is 105 Å². The summed E-state index contributed by atoms with van der Waals surface area (Å²) in [6.45, 7) is 13.5. The summed E-state index contributed by atoms with van der Waals surface area (Å²) in [6.07, 6.45) is 8.15. The molecule has 63 heavy (non-hydrogen) atoms. The van der Waals surface area contributed by atoms with Gasteiger partial charge in [-0.2, -0.15) is 4.98 Å². The number of hydrogen-bond donors (Lipinski definition) is 3. The molecule has 3 N–H and O–H groups in total. The Bertz CT molecular complexity index is 2660. The summed E-state index contributed by atoms with van der Waals surface area (Å²) in [5, 5.41) is 10.4. The van der Waals surface area contributed by atoms with Gasteiger partial charge in [0.2, 0.25) is 5.91 Å². The predicted octanol–water partition coefficient (Wildman–Crippen LogP) is 6.41. The maximum absolute atomic E-state index is 13.0. The van der Waals surface area contributed by atoms with Crippen LogP contribution in [0.25, 0.3) is 33.5 Å². The first-order valence-electron chi connectivity index (χ1n) is 22.1. The minimum absolute atomic E-state index is 0.00988. The summed E-state index contributed by atoms with van der Waals surface area (Å²) in [5.41, 5.74) is 8.36. The molecule has 4 aliphatic rings. The van der Waals surface area contributed by atoms with Crippen LogP contribution < -0.4 is 25.3 Å². The SMILES string of the molecule is Cc1cc(-c2ncnc3[nH]c(-c4ccc(N5CCN(CC6CCN(c7ccc(N8CCC(=O)NC8=O)cc7)CC6)CC5)nc4)cc23)ccc1C(C)NC(=O)c1nc(C2(C)CC2)no1. The Balaban J connectivity index is 0.715. The molecule has 0 spiro atoms. The average Bonchev–Trinajstić information content (AvgIpc) is 3.63. The highest BCUT2D eigenvalue weighted by molar-refractivity contribution is 6.05. The van der Waals surface area contributed by atoms with E-state index >= 15 is 0 Å². The number of carbonyl (C=O) groups excluding carboxylic acids is 3. The first-order chi connectivity index (χ1) is 30.6. The third-order valence-corrected chi connectivity index (χ3v) is 13.4. The standard InChI is InChI=1S/C47H52N12O4/c1-29-24-32(4-10-36(29)30(2)51-43(61)44-54-45(55-63-44)47(3)15-16-47)41-37-25-38(52-42(37)50-28-49-41)33-5-11-39(48-26-33)58-22-20-56(21-23-58)27-31-12-17-57(18-13-31)34-6-8-35(9-7-34)59-19-14-40(60)53-46(59)62/h4-11,24-26,28,30-31H,12-23,27H2,1-3H3,(H,51,61)(H,49,50,52)(H,53,60,62). The van der Waals surface area contributed by atoms with Gasteiger partial charge in [0.1, 0.15) is 17.8 Å². The number of amides is 4. The second-order valence-electron chi connectivity index (χ2n) is 17.8. The van der Waals surface area contributed by atoms with Gasteiger partial charge >= 0.3 is 17.8 Å². The van der Waals surface area contributed by atoms with E-state index in [1.54, 1.807) is 11.2 Å². The number of piperazine rings is 1. The van der Waals surface area contributed by atoms with Crippen LogP contribution in [0.15, 0.2) is 77.7 Å². The first-order valence-corrected chi connectivity index (χ1v) is 22.1. The molecule has 1 atom stereocenters. The van der Waals surface area contributed by atoms with Crippen LogP contribution in [0.4, 0.5) is 22.0 Å². The number of rotatable bonds is 11. The summed E-state index contributed by atoms with van der Waals surface area (Å²) in [4.78, 5) is 67.8. The van der Waals surface area contributed by atoms with Crippen molar-refractivity contribution in [3.8, 4) is 22.5 Å². The van der Waals surface area contributed by atoms with Gasteiger partial charge in [-0.3, -0.25) is 24.7 Å². The van der Waals surface area contributed by atoms with Crippen LogP contribution in [0.5, 0.6) is 0 Å². The number of anilines is 3. The number of aromatic amines is 1. The number of carbonyl (C=O) groups is 3. The maximum atomic E-state index is 13.0. The van der Waals surface area contributed by atoms with Gasteiger partial charge in [-0.15, -0.1) is 0 Å². The summed E-state index contributed by atoms with van der Waals surface area (Å²) in [5.74, 6) is 1.64. The number of nitrogens with one attached hydrogen (secondary N) is 3. The quantitative estimate of drug-likeness (QED) is 0.131. The van der Waals surface area contributed by atoms with Crippen molar-refractivity contribution in [1.82, 2.24) is 45.6 Å². The number of nitrogens with zero attached hydrogens (tertiary/aromatic N) is 9. The van der Waals surface area contributed by atoms with Crippen molar-refractivity contribution in [2.24, 2.45) is 5.92 Å². The van der Waals surface area contributed by atoms with Gasteiger partial charge in [-0.05, 0) is 105 Å². The van der Waals surface area contributed by atoms with Crippen molar-refractivity contribution in [3.63, 3.8) is 0 Å². The number of aromatic nitrogens is 6. The lowest BCUT2D eigenvalue weighted by Crippen LogP contribution is -2.49. The monoisotopic (exact) mass is 848 g/mol. The predicted molar refractivity (Wildman–Crippen MR) is 240 cm³/mol. The molecule has 7 heterocycles. The lowest BCUT2D eigenvalue weighted by Gasteiger charge is -2.39. The molecule has 4 fully saturated rings. The number of H-pyrrole nitrogens is 1. The lowest BCUT2D eigenvalue weighted by atomic mass is 9.95. The number of pyridine rings is 1. The van der Waals surface area contributed by atoms with E-state index in [9.17, 15) is 14.4 Å². The number of urea groups is 1. The molecule has 4 amide bonds. The van der Waals surface area contributed by atoms with E-state index < -0.39 is 0 Å². The molecule has 2 aromatic carbocycles. The summed E-state index contributed by atoms with van der Waals surface area (Å²) in [6, 6.07) is 20.0. The van der Waals surface area contributed by atoms with Gasteiger partial charge in [0, 0.05) is 104 Å². The van der Waals surface area contributed by atoms with Crippen LogP contribution in [0, 0.1) is 12.8 Å². The van der Waals surface area contributed by atoms with Crippen LogP contribution in [-0.2, 0) is 10.2 Å². The second-order valence-corrected chi connectivity index (χ2v) is 17.8. The Morgan fingerprint density at radius 1 is 0.889 bits per heavy atom. The molecule has 10 rings (SSSR count). The van der Waals surface area contributed by atoms with E-state index in [1.807, 2.05) is 44.3 Å². The Morgan fingerprint density at radius 3 is 2.37 bits per heavy atom. The summed E-state index contributed by atoms with van der Waals surface area (Å²) in [7, 11) is 0. The zero-order chi connectivity index (χ0) is 43.2. The van der Waals surface area contributed by atoms with Crippen LogP contribution in [0.1, 0.15) is 79.6 Å². The number of imide groups is 1. The second kappa shape index (κ2) is 16.5. The zero-order valence-electron chi connectivity index (χ0n) is 35.9. The van der Waals surface area contributed by atoms with Gasteiger partial charge < -0.3 is 24.6 Å². The van der Waals surface area contributed by atoms with Gasteiger partial charge in [-0.25, -0.2) is 19.7 Å². The van der Waals surface area contributed by atoms with Crippen molar-refractivity contribution < 1.29 is 18.9 Å². The molecule has 4 aromatic heterocycles. The summed E-state index contributed by atoms with van der Waals surface area (Å²) < 4.78 is 5.29. The van der Waals surface area contributed by atoms with Crippen molar-refractivity contribution >= 4 is 46.1 Å². The van der Waals surface area contributed by atoms with Crippen LogP contribution in [0.2, 0.25) is 0 Å². The average molecular weight is 849 g/mol. The smallest absolute Gasteiger partial charge is 0.328 e. The Kier molecular flexibility index (Phi) is 10.6. The van der Waals surface area contributed by atoms with E-state index in [-0.39, 0.29) is 35.2 Å². The molecule has 1 saturated carbocycles. The number of hydrogen-bond acceptors (Lipinski definition) is 12. The maximum Gasteiger partial charge on any atom is 0.328 e. The number of aryl methyl sites for hydroxylation is 1. The van der Waals surface area contributed by atoms with Gasteiger partial charge in [0.15, 0.2) is 5.82 Å². The zero-order valence-corrected chi connectivity index (χ0v) is 35.9.